The van der Waals surface area contributed by atoms with E-state index in [2.05, 4.69) is 5.32 Å². The first-order chi connectivity index (χ1) is 10.6. The molecule has 4 atom stereocenters. The molecule has 1 N–H and O–H groups in total. The van der Waals surface area contributed by atoms with Gasteiger partial charge in [0, 0.05) is 31.8 Å². The normalized spacial score (nSPS) is 34.5. The molecule has 6 heteroatoms. The molecule has 4 unspecified atom stereocenters. The Bertz CT molecular complexity index is 378. The Morgan fingerprint density at radius 3 is 2.57 bits per heavy atom. The fourth-order valence-electron chi connectivity index (χ4n) is 4.07. The molecule has 3 saturated heterocycles. The number of hydrogen-bond acceptors (Lipinski definition) is 4. The third kappa shape index (κ3) is 4.81. The van der Waals surface area contributed by atoms with Crippen LogP contribution >= 0.6 is 12.4 Å². The van der Waals surface area contributed by atoms with Gasteiger partial charge in [-0.15, -0.1) is 12.4 Å². The van der Waals surface area contributed by atoms with Crippen LogP contribution < -0.4 is 5.32 Å². The van der Waals surface area contributed by atoms with Crippen LogP contribution in [0.4, 0.5) is 0 Å². The minimum absolute atomic E-state index is 0. The lowest BCUT2D eigenvalue weighted by Gasteiger charge is -2.36. The summed E-state index contributed by atoms with van der Waals surface area (Å²) in [5, 5.41) is 3.63. The summed E-state index contributed by atoms with van der Waals surface area (Å²) in [6.07, 6.45) is 7.87. The lowest BCUT2D eigenvalue weighted by atomic mass is 9.98. The van der Waals surface area contributed by atoms with Gasteiger partial charge < -0.3 is 19.7 Å². The van der Waals surface area contributed by atoms with Gasteiger partial charge in [0.25, 0.3) is 5.91 Å². The highest BCUT2D eigenvalue weighted by atomic mass is 35.5. The fourth-order valence-corrected chi connectivity index (χ4v) is 4.07. The van der Waals surface area contributed by atoms with Crippen LogP contribution in [0.5, 0.6) is 0 Å². The summed E-state index contributed by atoms with van der Waals surface area (Å²) >= 11 is 0. The van der Waals surface area contributed by atoms with E-state index in [1.165, 1.54) is 19.3 Å². The monoisotopic (exact) mass is 346 g/mol. The highest BCUT2D eigenvalue weighted by molar-refractivity contribution is 5.85. The molecule has 0 radical (unpaired) electrons. The smallest absolute Gasteiger partial charge is 0.251 e. The molecule has 134 valence electrons. The van der Waals surface area contributed by atoms with Crippen molar-refractivity contribution in [1.82, 2.24) is 10.2 Å². The van der Waals surface area contributed by atoms with Gasteiger partial charge in [-0.2, -0.15) is 0 Å². The molecule has 3 aliphatic rings. The number of ether oxygens (including phenoxy) is 2. The molecule has 3 fully saturated rings. The van der Waals surface area contributed by atoms with Crippen LogP contribution in [0.2, 0.25) is 0 Å². The first-order valence-corrected chi connectivity index (χ1v) is 8.89. The van der Waals surface area contributed by atoms with Crippen molar-refractivity contribution in [1.29, 1.82) is 0 Å². The second kappa shape index (κ2) is 8.65. The quantitative estimate of drug-likeness (QED) is 0.828. The largest absolute Gasteiger partial charge is 0.376 e. The van der Waals surface area contributed by atoms with E-state index in [0.29, 0.717) is 24.7 Å². The predicted octanol–water partition coefficient (Wildman–Crippen LogP) is 2.12. The van der Waals surface area contributed by atoms with Crippen LogP contribution in [-0.2, 0) is 14.3 Å². The summed E-state index contributed by atoms with van der Waals surface area (Å²) in [4.78, 5) is 14.5. The lowest BCUT2D eigenvalue weighted by molar-refractivity contribution is -0.147. The van der Waals surface area contributed by atoms with Gasteiger partial charge in [0.2, 0.25) is 0 Å². The van der Waals surface area contributed by atoms with Gasteiger partial charge >= 0.3 is 0 Å². The summed E-state index contributed by atoms with van der Waals surface area (Å²) in [7, 11) is 1.94. The van der Waals surface area contributed by atoms with Crippen LogP contribution in [-0.4, -0.2) is 61.4 Å². The van der Waals surface area contributed by atoms with Crippen molar-refractivity contribution in [2.24, 2.45) is 0 Å². The minimum atomic E-state index is -0.372. The van der Waals surface area contributed by atoms with E-state index in [9.17, 15) is 4.79 Å². The Labute approximate surface area is 145 Å². The van der Waals surface area contributed by atoms with E-state index in [1.807, 2.05) is 18.9 Å². The maximum Gasteiger partial charge on any atom is 0.251 e. The third-order valence-electron chi connectivity index (χ3n) is 5.50. The van der Waals surface area contributed by atoms with Gasteiger partial charge in [0.05, 0.1) is 12.7 Å². The second-order valence-corrected chi connectivity index (χ2v) is 7.18. The molecule has 3 heterocycles. The van der Waals surface area contributed by atoms with Gasteiger partial charge in [-0.1, -0.05) is 0 Å². The number of amides is 1. The van der Waals surface area contributed by atoms with Crippen molar-refractivity contribution >= 4 is 18.3 Å². The molecule has 0 aliphatic carbocycles. The Kier molecular flexibility index (Phi) is 7.14. The molecule has 0 aromatic heterocycles. The average Bonchev–Trinajstić information content (AvgIpc) is 2.90. The Hall–Kier alpha value is -0.360. The first-order valence-electron chi connectivity index (χ1n) is 8.89. The Morgan fingerprint density at radius 1 is 1.26 bits per heavy atom. The van der Waals surface area contributed by atoms with E-state index in [-0.39, 0.29) is 30.5 Å². The number of nitrogens with one attached hydrogen (secondary N) is 1. The van der Waals surface area contributed by atoms with Gasteiger partial charge in [-0.05, 0) is 51.9 Å². The highest BCUT2D eigenvalue weighted by Gasteiger charge is 2.37. The minimum Gasteiger partial charge on any atom is -0.376 e. The second-order valence-electron chi connectivity index (χ2n) is 7.18. The number of halogens is 1. The molecule has 1 amide bonds. The third-order valence-corrected chi connectivity index (χ3v) is 5.50. The Morgan fingerprint density at radius 2 is 1.96 bits per heavy atom. The molecule has 2 bridgehead atoms. The number of piperidine rings is 1. The van der Waals surface area contributed by atoms with E-state index >= 15 is 0 Å². The number of hydrogen-bond donors (Lipinski definition) is 1. The zero-order valence-corrected chi connectivity index (χ0v) is 15.1. The molecule has 0 aromatic rings. The number of carbonyl (C=O) groups excluding carboxylic acids is 1. The van der Waals surface area contributed by atoms with Crippen LogP contribution in [0.1, 0.15) is 51.9 Å². The SMILES string of the molecule is CC(OCC1CCCCO1)C(=O)N(C)C1CC2CCC(C1)N2.Cl. The molecule has 3 rings (SSSR count). The van der Waals surface area contributed by atoms with Gasteiger partial charge in [-0.25, -0.2) is 0 Å². The topological polar surface area (TPSA) is 50.8 Å². The first kappa shape index (κ1) is 19.0. The van der Waals surface area contributed by atoms with Crippen molar-refractivity contribution in [2.75, 3.05) is 20.3 Å². The summed E-state index contributed by atoms with van der Waals surface area (Å²) in [5.74, 6) is 0.113. The van der Waals surface area contributed by atoms with Crippen LogP contribution in [0.3, 0.4) is 0 Å². The molecule has 0 saturated carbocycles. The molecular formula is C17H31ClN2O3. The van der Waals surface area contributed by atoms with Gasteiger partial charge in [-0.3, -0.25) is 4.79 Å². The van der Waals surface area contributed by atoms with Crippen LogP contribution in [0, 0.1) is 0 Å². The van der Waals surface area contributed by atoms with E-state index in [1.54, 1.807) is 0 Å². The van der Waals surface area contributed by atoms with Crippen LogP contribution in [0.15, 0.2) is 0 Å². The maximum absolute atomic E-state index is 12.6. The van der Waals surface area contributed by atoms with Gasteiger partial charge in [0.15, 0.2) is 0 Å². The average molecular weight is 347 g/mol. The van der Waals surface area contributed by atoms with E-state index in [0.717, 1.165) is 32.3 Å². The van der Waals surface area contributed by atoms with E-state index < -0.39 is 0 Å². The molecule has 0 spiro atoms. The number of nitrogens with zero attached hydrogens (tertiary/aromatic N) is 1. The molecule has 3 aliphatic heterocycles. The van der Waals surface area contributed by atoms with Gasteiger partial charge in [0.1, 0.15) is 6.10 Å². The number of rotatable bonds is 5. The molecule has 0 aromatic carbocycles. The fraction of sp³-hybridized carbons (Fsp3) is 0.941. The van der Waals surface area contributed by atoms with Crippen LogP contribution in [0.25, 0.3) is 0 Å². The zero-order chi connectivity index (χ0) is 15.5. The number of carbonyl (C=O) groups is 1. The highest BCUT2D eigenvalue weighted by Crippen LogP contribution is 2.29. The molecule has 23 heavy (non-hydrogen) atoms. The predicted molar refractivity (Wildman–Crippen MR) is 92.0 cm³/mol. The summed E-state index contributed by atoms with van der Waals surface area (Å²) in [6, 6.07) is 1.57. The zero-order valence-electron chi connectivity index (χ0n) is 14.3. The lowest BCUT2D eigenvalue weighted by Crippen LogP contribution is -2.51. The molecule has 5 nitrogen and oxygen atoms in total. The van der Waals surface area contributed by atoms with Crippen molar-refractivity contribution in [3.63, 3.8) is 0 Å². The maximum atomic E-state index is 12.6. The van der Waals surface area contributed by atoms with Crippen molar-refractivity contribution in [3.8, 4) is 0 Å². The van der Waals surface area contributed by atoms with Crippen molar-refractivity contribution < 1.29 is 14.3 Å². The number of likely N-dealkylation sites (N-methyl/N-ethyl adjacent to an activating group) is 1. The summed E-state index contributed by atoms with van der Waals surface area (Å²) in [5.41, 5.74) is 0. The summed E-state index contributed by atoms with van der Waals surface area (Å²) < 4.78 is 11.5. The number of fused-ring (bicyclic) bond motifs is 2. The summed E-state index contributed by atoms with van der Waals surface area (Å²) in [6.45, 7) is 3.24. The van der Waals surface area contributed by atoms with Crippen molar-refractivity contribution in [3.05, 3.63) is 0 Å². The Balaban J connectivity index is 0.00000192. The molecular weight excluding hydrogens is 316 g/mol. The van der Waals surface area contributed by atoms with Crippen molar-refractivity contribution in [2.45, 2.75) is 82.2 Å². The van der Waals surface area contributed by atoms with E-state index in [4.69, 9.17) is 9.47 Å². The standard InChI is InChI=1S/C17H30N2O3.ClH/c1-12(22-11-16-5-3-4-8-21-16)17(20)19(2)15-9-13-6-7-14(10-15)18-13;/h12-16,18H,3-11H2,1-2H3;1H.